The maximum atomic E-state index is 14.2. The number of hydrogen-bond donors (Lipinski definition) is 0. The van der Waals surface area contributed by atoms with Crippen molar-refractivity contribution in [3.05, 3.63) is 62.3 Å². The molecule has 2 atom stereocenters. The summed E-state index contributed by atoms with van der Waals surface area (Å²) in [6, 6.07) is 6.86. The Morgan fingerprint density at radius 1 is 1.05 bits per heavy atom. The van der Waals surface area contributed by atoms with Crippen LogP contribution in [0.3, 0.4) is 0 Å². The van der Waals surface area contributed by atoms with E-state index in [1.165, 1.54) is 13.8 Å². The minimum absolute atomic E-state index is 0.0275. The average Bonchev–Trinajstić information content (AvgIpc) is 2.80. The molecule has 0 amide bonds. The van der Waals surface area contributed by atoms with Crippen LogP contribution in [0.1, 0.15) is 74.1 Å². The number of sulfone groups is 1. The Morgan fingerprint density at radius 2 is 1.69 bits per heavy atom. The molecule has 0 fully saturated rings. The van der Waals surface area contributed by atoms with E-state index in [4.69, 9.17) is 9.47 Å². The van der Waals surface area contributed by atoms with Crippen LogP contribution in [-0.4, -0.2) is 44.1 Å². The average molecular weight is 671 g/mol. The van der Waals surface area contributed by atoms with E-state index in [9.17, 15) is 22.8 Å². The third kappa shape index (κ3) is 9.13. The van der Waals surface area contributed by atoms with Crippen molar-refractivity contribution < 1.29 is 32.3 Å². The molecule has 2 unspecified atom stereocenters. The van der Waals surface area contributed by atoms with Crippen LogP contribution in [0.15, 0.2) is 63.6 Å². The number of rotatable bonds is 11. The first-order valence-electron chi connectivity index (χ1n) is 12.9. The zero-order valence-electron chi connectivity index (χ0n) is 23.8. The first kappa shape index (κ1) is 32.9. The van der Waals surface area contributed by atoms with E-state index < -0.39 is 32.6 Å². The predicted molar refractivity (Wildman–Crippen MR) is 160 cm³/mol. The lowest BCUT2D eigenvalue weighted by atomic mass is 9.70. The summed E-state index contributed by atoms with van der Waals surface area (Å²) in [5.74, 6) is -0.877. The van der Waals surface area contributed by atoms with Gasteiger partial charge in [0.05, 0.1) is 10.1 Å². The standard InChI is InChI=1S/C30H39IO7S/c1-19(13-15-37-22(4)32)16-24(38-23(5)33)17-20(2)18-28(29-21(3)26(34)12-14-30(29,6)7)39(35,36)27-11-9-8-10-25(27)31/h8-11,13,17,24,28H,12,14-16,18H2,1-7H3/b19-13+,20-17+. The molecule has 9 heteroatoms. The Balaban J connectivity index is 2.56. The number of carbonyl (C=O) groups excluding carboxylic acids is 3. The number of allylic oxidation sites excluding steroid dienone is 2. The van der Waals surface area contributed by atoms with Crippen LogP contribution in [0.2, 0.25) is 0 Å². The molecule has 0 radical (unpaired) electrons. The van der Waals surface area contributed by atoms with Gasteiger partial charge in [-0.25, -0.2) is 8.42 Å². The fourth-order valence-corrected chi connectivity index (χ4v) is 8.52. The zero-order chi connectivity index (χ0) is 29.5. The maximum absolute atomic E-state index is 14.2. The summed E-state index contributed by atoms with van der Waals surface area (Å²) in [6.45, 7) is 12.2. The highest BCUT2D eigenvalue weighted by Gasteiger charge is 2.43. The molecular weight excluding hydrogens is 631 g/mol. The van der Waals surface area contributed by atoms with Crippen molar-refractivity contribution in [1.82, 2.24) is 0 Å². The Morgan fingerprint density at radius 3 is 2.28 bits per heavy atom. The van der Waals surface area contributed by atoms with Crippen LogP contribution in [0.25, 0.3) is 0 Å². The molecule has 1 aliphatic rings. The highest BCUT2D eigenvalue weighted by molar-refractivity contribution is 14.1. The van der Waals surface area contributed by atoms with E-state index in [1.54, 1.807) is 43.3 Å². The van der Waals surface area contributed by atoms with Gasteiger partial charge in [-0.15, -0.1) is 0 Å². The first-order valence-corrected chi connectivity index (χ1v) is 15.5. The SMILES string of the molecule is CC(=O)OC/C=C(\C)CC(/C=C(\C)CC(C1=C(C)C(=O)CCC1(C)C)S(=O)(=O)c1ccccc1I)OC(C)=O. The summed E-state index contributed by atoms with van der Waals surface area (Å²) in [5.41, 5.74) is 2.25. The van der Waals surface area contributed by atoms with Gasteiger partial charge in [0.25, 0.3) is 0 Å². The van der Waals surface area contributed by atoms with Gasteiger partial charge in [-0.3, -0.25) is 14.4 Å². The predicted octanol–water partition coefficient (Wildman–Crippen LogP) is 6.31. The van der Waals surface area contributed by atoms with E-state index in [0.717, 1.165) is 11.1 Å². The van der Waals surface area contributed by atoms with Crippen molar-refractivity contribution in [3.63, 3.8) is 0 Å². The van der Waals surface area contributed by atoms with Crippen LogP contribution in [0.4, 0.5) is 0 Å². The Kier molecular flexibility index (Phi) is 11.7. The number of benzene rings is 1. The van der Waals surface area contributed by atoms with Gasteiger partial charge in [0, 0.05) is 30.3 Å². The Bertz CT molecular complexity index is 1300. The van der Waals surface area contributed by atoms with E-state index >= 15 is 0 Å². The number of esters is 2. The molecule has 0 bridgehead atoms. The minimum atomic E-state index is -3.88. The summed E-state index contributed by atoms with van der Waals surface area (Å²) in [4.78, 5) is 35.9. The third-order valence-corrected chi connectivity index (χ3v) is 10.3. The number of ketones is 1. The molecule has 0 saturated heterocycles. The van der Waals surface area contributed by atoms with Gasteiger partial charge in [-0.2, -0.15) is 0 Å². The lowest BCUT2D eigenvalue weighted by Gasteiger charge is -2.38. The number of ether oxygens (including phenoxy) is 2. The maximum Gasteiger partial charge on any atom is 0.303 e. The van der Waals surface area contributed by atoms with Gasteiger partial charge in [0.1, 0.15) is 12.7 Å². The molecule has 1 aromatic rings. The van der Waals surface area contributed by atoms with Crippen molar-refractivity contribution >= 4 is 50.1 Å². The van der Waals surface area contributed by atoms with Crippen LogP contribution < -0.4 is 0 Å². The first-order chi connectivity index (χ1) is 18.1. The highest BCUT2D eigenvalue weighted by atomic mass is 127. The Hall–Kier alpha value is -2.27. The van der Waals surface area contributed by atoms with Gasteiger partial charge in [-0.1, -0.05) is 37.1 Å². The Labute approximate surface area is 246 Å². The fourth-order valence-electron chi connectivity index (χ4n) is 5.01. The van der Waals surface area contributed by atoms with Crippen molar-refractivity contribution in [2.24, 2.45) is 5.41 Å². The highest BCUT2D eigenvalue weighted by Crippen LogP contribution is 2.45. The molecule has 0 aliphatic heterocycles. The fraction of sp³-hybridized carbons (Fsp3) is 0.500. The number of carbonyl (C=O) groups is 3. The van der Waals surface area contributed by atoms with Crippen molar-refractivity contribution in [2.45, 2.75) is 90.4 Å². The van der Waals surface area contributed by atoms with E-state index in [-0.39, 0.29) is 29.7 Å². The molecular formula is C30H39IO7S. The van der Waals surface area contributed by atoms with E-state index in [1.807, 2.05) is 50.3 Å². The summed E-state index contributed by atoms with van der Waals surface area (Å²) < 4.78 is 39.6. The summed E-state index contributed by atoms with van der Waals surface area (Å²) in [7, 11) is -3.88. The van der Waals surface area contributed by atoms with Crippen LogP contribution in [0, 0.1) is 8.99 Å². The summed E-state index contributed by atoms with van der Waals surface area (Å²) in [6.07, 6.45) is 4.35. The largest absolute Gasteiger partial charge is 0.462 e. The lowest BCUT2D eigenvalue weighted by molar-refractivity contribution is -0.144. The van der Waals surface area contributed by atoms with Crippen LogP contribution >= 0.6 is 22.6 Å². The van der Waals surface area contributed by atoms with Crippen molar-refractivity contribution in [3.8, 4) is 0 Å². The number of Topliss-reactive ketones (excluding diaryl/α,β-unsaturated/α-hetero) is 1. The molecule has 1 aromatic carbocycles. The molecule has 7 nitrogen and oxygen atoms in total. The van der Waals surface area contributed by atoms with Gasteiger partial charge in [0.15, 0.2) is 15.6 Å². The van der Waals surface area contributed by atoms with Crippen LogP contribution in [0.5, 0.6) is 0 Å². The van der Waals surface area contributed by atoms with E-state index in [0.29, 0.717) is 34.0 Å². The topological polar surface area (TPSA) is 104 Å². The summed E-state index contributed by atoms with van der Waals surface area (Å²) in [5, 5.41) is -0.956. The molecule has 0 heterocycles. The monoisotopic (exact) mass is 670 g/mol. The minimum Gasteiger partial charge on any atom is -0.462 e. The van der Waals surface area contributed by atoms with Gasteiger partial charge >= 0.3 is 11.9 Å². The molecule has 2 rings (SSSR count). The molecule has 214 valence electrons. The lowest BCUT2D eigenvalue weighted by Crippen LogP contribution is -2.37. The zero-order valence-corrected chi connectivity index (χ0v) is 26.8. The normalized spacial score (nSPS) is 18.0. The summed E-state index contributed by atoms with van der Waals surface area (Å²) >= 11 is 2.03. The number of halogens is 1. The smallest absolute Gasteiger partial charge is 0.303 e. The third-order valence-electron chi connectivity index (χ3n) is 6.90. The van der Waals surface area contributed by atoms with Gasteiger partial charge in [0.2, 0.25) is 0 Å². The van der Waals surface area contributed by atoms with E-state index in [2.05, 4.69) is 0 Å². The molecule has 0 saturated carbocycles. The van der Waals surface area contributed by atoms with Crippen molar-refractivity contribution in [2.75, 3.05) is 6.61 Å². The van der Waals surface area contributed by atoms with Gasteiger partial charge < -0.3 is 9.47 Å². The molecule has 0 aromatic heterocycles. The second-order valence-electron chi connectivity index (χ2n) is 10.7. The second kappa shape index (κ2) is 13.9. The quantitative estimate of drug-likeness (QED) is 0.155. The number of hydrogen-bond acceptors (Lipinski definition) is 7. The van der Waals surface area contributed by atoms with Crippen LogP contribution in [-0.2, 0) is 33.7 Å². The molecule has 0 spiro atoms. The molecule has 1 aliphatic carbocycles. The second-order valence-corrected chi connectivity index (χ2v) is 14.0. The molecule has 0 N–H and O–H groups in total. The molecule has 39 heavy (non-hydrogen) atoms. The van der Waals surface area contributed by atoms with Crippen molar-refractivity contribution in [1.29, 1.82) is 0 Å². The van der Waals surface area contributed by atoms with Gasteiger partial charge in [-0.05, 0) is 97.0 Å².